The minimum absolute atomic E-state index is 0.0535. The monoisotopic (exact) mass is 239 g/mol. The molecule has 0 aliphatic heterocycles. The Morgan fingerprint density at radius 1 is 1.50 bits per heavy atom. The Kier molecular flexibility index (Phi) is 3.86. The van der Waals surface area contributed by atoms with Crippen LogP contribution in [0, 0.1) is 0 Å². The van der Waals surface area contributed by atoms with Crippen LogP contribution in [0.15, 0.2) is 6.08 Å². The summed E-state index contributed by atoms with van der Waals surface area (Å²) in [6.45, 7) is 8.30. The van der Waals surface area contributed by atoms with Gasteiger partial charge in [-0.15, -0.1) is 11.3 Å². The van der Waals surface area contributed by atoms with Crippen molar-refractivity contribution in [2.75, 3.05) is 0 Å². The van der Waals surface area contributed by atoms with Gasteiger partial charge in [-0.2, -0.15) is 0 Å². The minimum atomic E-state index is -0.925. The van der Waals surface area contributed by atoms with Crippen LogP contribution in [0.2, 0.25) is 0 Å². The van der Waals surface area contributed by atoms with Gasteiger partial charge in [-0.3, -0.25) is 0 Å². The van der Waals surface area contributed by atoms with Gasteiger partial charge in [0, 0.05) is 11.5 Å². The highest BCUT2D eigenvalue weighted by molar-refractivity contribution is 7.12. The van der Waals surface area contributed by atoms with E-state index in [0.29, 0.717) is 0 Å². The molecule has 0 saturated carbocycles. The van der Waals surface area contributed by atoms with Gasteiger partial charge in [0.05, 0.1) is 15.6 Å². The summed E-state index contributed by atoms with van der Waals surface area (Å²) in [4.78, 5) is 16.0. The second-order valence-corrected chi connectivity index (χ2v) is 5.71. The molecule has 4 heteroatoms. The number of aliphatic carboxylic acids is 1. The minimum Gasteiger partial charge on any atom is -0.478 e. The Morgan fingerprint density at radius 2 is 2.12 bits per heavy atom. The van der Waals surface area contributed by atoms with Gasteiger partial charge in [-0.25, -0.2) is 9.78 Å². The van der Waals surface area contributed by atoms with Gasteiger partial charge in [-0.1, -0.05) is 27.7 Å². The number of aromatic nitrogens is 1. The fourth-order valence-corrected chi connectivity index (χ4v) is 2.45. The van der Waals surface area contributed by atoms with E-state index in [2.05, 4.69) is 32.7 Å². The van der Waals surface area contributed by atoms with Crippen molar-refractivity contribution in [2.45, 2.75) is 39.5 Å². The Morgan fingerprint density at radius 3 is 2.56 bits per heavy atom. The molecule has 0 aliphatic rings. The lowest BCUT2D eigenvalue weighted by molar-refractivity contribution is -0.131. The quantitative estimate of drug-likeness (QED) is 0.824. The lowest BCUT2D eigenvalue weighted by atomic mass is 9.91. The van der Waals surface area contributed by atoms with Gasteiger partial charge in [0.1, 0.15) is 0 Å². The first-order valence-electron chi connectivity index (χ1n) is 5.25. The second-order valence-electron chi connectivity index (χ2n) is 4.60. The maximum absolute atomic E-state index is 10.5. The van der Waals surface area contributed by atoms with Gasteiger partial charge < -0.3 is 5.11 Å². The average molecular weight is 239 g/mol. The number of nitrogens with zero attached hydrogens (tertiary/aromatic N) is 1. The van der Waals surface area contributed by atoms with Crippen LogP contribution in [-0.2, 0) is 16.6 Å². The van der Waals surface area contributed by atoms with E-state index in [1.54, 1.807) is 17.4 Å². The molecule has 3 nitrogen and oxygen atoms in total. The zero-order valence-electron chi connectivity index (χ0n) is 10.1. The van der Waals surface area contributed by atoms with Crippen LogP contribution in [0.3, 0.4) is 0 Å². The SMILES string of the molecule is CCc1nc(C(C)(C)C)c(/C=C/C(=O)O)s1. The van der Waals surface area contributed by atoms with Crippen LogP contribution < -0.4 is 0 Å². The smallest absolute Gasteiger partial charge is 0.328 e. The Labute approximate surface area is 99.8 Å². The summed E-state index contributed by atoms with van der Waals surface area (Å²) in [5.41, 5.74) is 0.925. The number of thiazole rings is 1. The maximum Gasteiger partial charge on any atom is 0.328 e. The summed E-state index contributed by atoms with van der Waals surface area (Å²) in [6, 6.07) is 0. The first kappa shape index (κ1) is 12.9. The van der Waals surface area contributed by atoms with Gasteiger partial charge in [-0.05, 0) is 12.5 Å². The van der Waals surface area contributed by atoms with E-state index in [0.717, 1.165) is 22.0 Å². The summed E-state index contributed by atoms with van der Waals surface area (Å²) < 4.78 is 0. The molecule has 1 N–H and O–H groups in total. The molecule has 1 rings (SSSR count). The maximum atomic E-state index is 10.5. The van der Waals surface area contributed by atoms with E-state index in [-0.39, 0.29) is 5.41 Å². The molecule has 0 fully saturated rings. The number of hydrogen-bond acceptors (Lipinski definition) is 3. The Bertz CT molecular complexity index is 413. The highest BCUT2D eigenvalue weighted by Crippen LogP contribution is 2.30. The number of aryl methyl sites for hydroxylation is 1. The molecule has 16 heavy (non-hydrogen) atoms. The standard InChI is InChI=1S/C12H17NO2S/c1-5-9-13-11(12(2,3)4)8(16-9)6-7-10(14)15/h6-7H,5H2,1-4H3,(H,14,15)/b7-6+. The number of carbonyl (C=O) groups is 1. The topological polar surface area (TPSA) is 50.2 Å². The van der Waals surface area contributed by atoms with E-state index in [9.17, 15) is 4.79 Å². The van der Waals surface area contributed by atoms with Crippen molar-refractivity contribution in [3.63, 3.8) is 0 Å². The summed E-state index contributed by atoms with van der Waals surface area (Å²) >= 11 is 1.57. The van der Waals surface area contributed by atoms with Crippen molar-refractivity contribution in [1.82, 2.24) is 4.98 Å². The molecule has 0 radical (unpaired) electrons. The van der Waals surface area contributed by atoms with E-state index in [1.807, 2.05) is 0 Å². The predicted molar refractivity (Wildman–Crippen MR) is 66.9 cm³/mol. The van der Waals surface area contributed by atoms with Gasteiger partial charge in [0.15, 0.2) is 0 Å². The Balaban J connectivity index is 3.16. The molecule has 1 heterocycles. The van der Waals surface area contributed by atoms with E-state index in [4.69, 9.17) is 5.11 Å². The number of rotatable bonds is 3. The van der Waals surface area contributed by atoms with Crippen LogP contribution in [0.25, 0.3) is 6.08 Å². The van der Waals surface area contributed by atoms with Gasteiger partial charge in [0.2, 0.25) is 0 Å². The largest absolute Gasteiger partial charge is 0.478 e. The molecule has 88 valence electrons. The zero-order valence-corrected chi connectivity index (χ0v) is 10.9. The molecule has 0 aromatic carbocycles. The third-order valence-corrected chi connectivity index (χ3v) is 3.25. The molecular weight excluding hydrogens is 222 g/mol. The highest BCUT2D eigenvalue weighted by atomic mass is 32.1. The van der Waals surface area contributed by atoms with Crippen LogP contribution in [-0.4, -0.2) is 16.1 Å². The first-order valence-corrected chi connectivity index (χ1v) is 6.07. The molecule has 1 aromatic heterocycles. The fourth-order valence-electron chi connectivity index (χ4n) is 1.33. The summed E-state index contributed by atoms with van der Waals surface area (Å²) in [7, 11) is 0. The van der Waals surface area contributed by atoms with Crippen LogP contribution in [0.1, 0.15) is 43.3 Å². The van der Waals surface area contributed by atoms with Crippen LogP contribution in [0.5, 0.6) is 0 Å². The molecule has 0 amide bonds. The molecule has 0 atom stereocenters. The third kappa shape index (κ3) is 3.17. The molecule has 0 bridgehead atoms. The Hall–Kier alpha value is -1.16. The average Bonchev–Trinajstić information content (AvgIpc) is 2.57. The predicted octanol–water partition coefficient (Wildman–Crippen LogP) is 3.10. The van der Waals surface area contributed by atoms with Gasteiger partial charge >= 0.3 is 5.97 Å². The van der Waals surface area contributed by atoms with E-state index >= 15 is 0 Å². The lowest BCUT2D eigenvalue weighted by Gasteiger charge is -2.16. The molecule has 0 unspecified atom stereocenters. The number of hydrogen-bond donors (Lipinski definition) is 1. The summed E-state index contributed by atoms with van der Waals surface area (Å²) in [5.74, 6) is -0.925. The summed E-state index contributed by atoms with van der Waals surface area (Å²) in [5, 5.41) is 9.68. The zero-order chi connectivity index (χ0) is 12.3. The third-order valence-electron chi connectivity index (χ3n) is 2.09. The van der Waals surface area contributed by atoms with Crippen molar-refractivity contribution >= 4 is 23.4 Å². The highest BCUT2D eigenvalue weighted by Gasteiger charge is 2.21. The number of carboxylic acids is 1. The normalized spacial score (nSPS) is 12.2. The van der Waals surface area contributed by atoms with Crippen molar-refractivity contribution in [1.29, 1.82) is 0 Å². The fraction of sp³-hybridized carbons (Fsp3) is 0.500. The molecule has 0 saturated heterocycles. The molecular formula is C12H17NO2S. The van der Waals surface area contributed by atoms with Crippen molar-refractivity contribution in [2.24, 2.45) is 0 Å². The molecule has 0 aliphatic carbocycles. The number of carboxylic acid groups (broad SMARTS) is 1. The van der Waals surface area contributed by atoms with Gasteiger partial charge in [0.25, 0.3) is 0 Å². The van der Waals surface area contributed by atoms with E-state index in [1.165, 1.54) is 6.08 Å². The lowest BCUT2D eigenvalue weighted by Crippen LogP contribution is -2.13. The molecule has 0 spiro atoms. The summed E-state index contributed by atoms with van der Waals surface area (Å²) in [6.07, 6.45) is 3.69. The second kappa shape index (κ2) is 4.78. The van der Waals surface area contributed by atoms with Crippen molar-refractivity contribution in [3.8, 4) is 0 Å². The van der Waals surface area contributed by atoms with E-state index < -0.39 is 5.97 Å². The van der Waals surface area contributed by atoms with Crippen molar-refractivity contribution < 1.29 is 9.90 Å². The van der Waals surface area contributed by atoms with Crippen LogP contribution in [0.4, 0.5) is 0 Å². The molecule has 1 aromatic rings. The first-order chi connectivity index (χ1) is 7.34. The van der Waals surface area contributed by atoms with Crippen LogP contribution >= 0.6 is 11.3 Å². The van der Waals surface area contributed by atoms with Crippen molar-refractivity contribution in [3.05, 3.63) is 21.7 Å².